The molecule has 0 spiro atoms. The summed E-state index contributed by atoms with van der Waals surface area (Å²) in [6, 6.07) is 12.3. The first-order chi connectivity index (χ1) is 12.3. The van der Waals surface area contributed by atoms with E-state index in [1.165, 1.54) is 17.4 Å². The van der Waals surface area contributed by atoms with E-state index in [1.807, 2.05) is 30.6 Å². The third kappa shape index (κ3) is 2.97. The first-order valence-corrected chi connectivity index (χ1v) is 9.26. The van der Waals surface area contributed by atoms with Crippen molar-refractivity contribution in [1.82, 2.24) is 14.9 Å². The molecule has 1 saturated carbocycles. The minimum absolute atomic E-state index is 0.170. The standard InChI is InChI=1S/C21H25N3O/c25-20(21(11-4-1-5-12-21)24-14-6-7-15-24)22-13-10-17-16-23-19-9-3-2-8-18(17)19/h2-3,6-9,14-16,23H,1,4-5,10-13H2,(H,22,25). The van der Waals surface area contributed by atoms with Crippen LogP contribution in [-0.2, 0) is 16.8 Å². The first kappa shape index (κ1) is 16.0. The lowest BCUT2D eigenvalue weighted by Crippen LogP contribution is -2.50. The van der Waals surface area contributed by atoms with Gasteiger partial charge in [-0.05, 0) is 43.0 Å². The Morgan fingerprint density at radius 1 is 1.08 bits per heavy atom. The number of aromatic nitrogens is 2. The minimum Gasteiger partial charge on any atom is -0.361 e. The van der Waals surface area contributed by atoms with Crippen LogP contribution < -0.4 is 5.32 Å². The van der Waals surface area contributed by atoms with Gasteiger partial charge in [-0.2, -0.15) is 0 Å². The predicted molar refractivity (Wildman–Crippen MR) is 101 cm³/mol. The number of fused-ring (bicyclic) bond motifs is 1. The number of hydrogen-bond acceptors (Lipinski definition) is 1. The van der Waals surface area contributed by atoms with Gasteiger partial charge < -0.3 is 14.9 Å². The van der Waals surface area contributed by atoms with Crippen molar-refractivity contribution in [2.24, 2.45) is 0 Å². The van der Waals surface area contributed by atoms with Crippen LogP contribution >= 0.6 is 0 Å². The number of H-pyrrole nitrogens is 1. The number of rotatable bonds is 5. The van der Waals surface area contributed by atoms with Crippen LogP contribution in [0.3, 0.4) is 0 Å². The van der Waals surface area contributed by atoms with E-state index in [2.05, 4.69) is 39.3 Å². The van der Waals surface area contributed by atoms with Crippen molar-refractivity contribution in [3.63, 3.8) is 0 Å². The van der Waals surface area contributed by atoms with Gasteiger partial charge in [0.15, 0.2) is 0 Å². The lowest BCUT2D eigenvalue weighted by atomic mass is 9.80. The van der Waals surface area contributed by atoms with Crippen molar-refractivity contribution in [1.29, 1.82) is 0 Å². The van der Waals surface area contributed by atoms with E-state index in [-0.39, 0.29) is 5.91 Å². The topological polar surface area (TPSA) is 49.8 Å². The van der Waals surface area contributed by atoms with Crippen LogP contribution in [0, 0.1) is 0 Å². The second kappa shape index (κ2) is 6.79. The molecule has 1 fully saturated rings. The maximum atomic E-state index is 13.1. The third-order valence-electron chi connectivity index (χ3n) is 5.56. The average Bonchev–Trinajstić information content (AvgIpc) is 3.33. The van der Waals surface area contributed by atoms with Crippen LogP contribution in [0.25, 0.3) is 10.9 Å². The number of carbonyl (C=O) groups excluding carboxylic acids is 1. The summed E-state index contributed by atoms with van der Waals surface area (Å²) in [5, 5.41) is 4.46. The summed E-state index contributed by atoms with van der Waals surface area (Å²) in [6.45, 7) is 0.670. The van der Waals surface area contributed by atoms with Crippen molar-refractivity contribution in [3.05, 3.63) is 60.6 Å². The molecule has 1 amide bonds. The third-order valence-corrected chi connectivity index (χ3v) is 5.56. The molecule has 1 aliphatic rings. The summed E-state index contributed by atoms with van der Waals surface area (Å²) in [4.78, 5) is 16.4. The van der Waals surface area contributed by atoms with Gasteiger partial charge in [0.2, 0.25) is 5.91 Å². The second-order valence-corrected chi connectivity index (χ2v) is 7.05. The Morgan fingerprint density at radius 3 is 2.64 bits per heavy atom. The van der Waals surface area contributed by atoms with Gasteiger partial charge in [-0.15, -0.1) is 0 Å². The molecule has 2 heterocycles. The van der Waals surface area contributed by atoms with Crippen molar-refractivity contribution < 1.29 is 4.79 Å². The smallest absolute Gasteiger partial charge is 0.246 e. The fourth-order valence-electron chi connectivity index (χ4n) is 4.17. The van der Waals surface area contributed by atoms with Crippen LogP contribution in [0.4, 0.5) is 0 Å². The first-order valence-electron chi connectivity index (χ1n) is 9.26. The van der Waals surface area contributed by atoms with Crippen LogP contribution in [-0.4, -0.2) is 22.0 Å². The van der Waals surface area contributed by atoms with E-state index in [9.17, 15) is 4.79 Å². The molecule has 0 aliphatic heterocycles. The van der Waals surface area contributed by atoms with Crippen molar-refractivity contribution in [2.75, 3.05) is 6.54 Å². The number of carbonyl (C=O) groups is 1. The maximum absolute atomic E-state index is 13.1. The molecule has 2 aromatic heterocycles. The summed E-state index contributed by atoms with van der Waals surface area (Å²) in [7, 11) is 0. The molecule has 3 aromatic rings. The molecular formula is C21H25N3O. The fourth-order valence-corrected chi connectivity index (χ4v) is 4.17. The van der Waals surface area contributed by atoms with Crippen LogP contribution in [0.1, 0.15) is 37.7 Å². The van der Waals surface area contributed by atoms with E-state index < -0.39 is 5.54 Å². The highest BCUT2D eigenvalue weighted by Gasteiger charge is 2.40. The number of amides is 1. The molecule has 0 saturated heterocycles. The molecule has 0 atom stereocenters. The highest BCUT2D eigenvalue weighted by Crippen LogP contribution is 2.35. The quantitative estimate of drug-likeness (QED) is 0.728. The zero-order valence-corrected chi connectivity index (χ0v) is 14.5. The van der Waals surface area contributed by atoms with Gasteiger partial charge in [-0.1, -0.05) is 37.5 Å². The molecule has 4 rings (SSSR count). The molecule has 1 aliphatic carbocycles. The number of aromatic amines is 1. The Labute approximate surface area is 148 Å². The highest BCUT2D eigenvalue weighted by molar-refractivity contribution is 5.85. The van der Waals surface area contributed by atoms with Gasteiger partial charge in [-0.25, -0.2) is 0 Å². The van der Waals surface area contributed by atoms with E-state index >= 15 is 0 Å². The molecule has 2 N–H and O–H groups in total. The Kier molecular flexibility index (Phi) is 4.35. The lowest BCUT2D eigenvalue weighted by molar-refractivity contribution is -0.131. The Bertz CT molecular complexity index is 841. The zero-order valence-electron chi connectivity index (χ0n) is 14.5. The summed E-state index contributed by atoms with van der Waals surface area (Å²) in [5.41, 5.74) is 2.01. The number of benzene rings is 1. The van der Waals surface area contributed by atoms with Crippen molar-refractivity contribution in [2.45, 2.75) is 44.1 Å². The van der Waals surface area contributed by atoms with E-state index in [0.717, 1.165) is 37.6 Å². The number of nitrogens with one attached hydrogen (secondary N) is 2. The molecule has 1 aromatic carbocycles. The number of nitrogens with zero attached hydrogens (tertiary/aromatic N) is 1. The van der Waals surface area contributed by atoms with Gasteiger partial charge in [0.1, 0.15) is 5.54 Å². The largest absolute Gasteiger partial charge is 0.361 e. The number of hydrogen-bond donors (Lipinski definition) is 2. The fraction of sp³-hybridized carbons (Fsp3) is 0.381. The van der Waals surface area contributed by atoms with Gasteiger partial charge in [0.05, 0.1) is 0 Å². The van der Waals surface area contributed by atoms with Crippen LogP contribution in [0.15, 0.2) is 55.0 Å². The Hall–Kier alpha value is -2.49. The number of para-hydroxylation sites is 1. The van der Waals surface area contributed by atoms with E-state index in [0.29, 0.717) is 6.54 Å². The summed E-state index contributed by atoms with van der Waals surface area (Å²) >= 11 is 0. The highest BCUT2D eigenvalue weighted by atomic mass is 16.2. The molecule has 4 nitrogen and oxygen atoms in total. The summed E-state index contributed by atoms with van der Waals surface area (Å²) < 4.78 is 2.12. The van der Waals surface area contributed by atoms with Gasteiger partial charge in [0.25, 0.3) is 0 Å². The van der Waals surface area contributed by atoms with Crippen LogP contribution in [0.2, 0.25) is 0 Å². The molecule has 4 heteroatoms. The normalized spacial score (nSPS) is 16.8. The molecule has 0 bridgehead atoms. The maximum Gasteiger partial charge on any atom is 0.246 e. The average molecular weight is 335 g/mol. The molecule has 25 heavy (non-hydrogen) atoms. The lowest BCUT2D eigenvalue weighted by Gasteiger charge is -2.37. The molecule has 0 unspecified atom stereocenters. The van der Waals surface area contributed by atoms with Crippen LogP contribution in [0.5, 0.6) is 0 Å². The Balaban J connectivity index is 1.45. The summed E-state index contributed by atoms with van der Waals surface area (Å²) in [6.07, 6.45) is 12.3. The predicted octanol–water partition coefficient (Wildman–Crippen LogP) is 3.99. The molecular weight excluding hydrogens is 310 g/mol. The summed E-state index contributed by atoms with van der Waals surface area (Å²) in [5.74, 6) is 0.170. The minimum atomic E-state index is -0.401. The SMILES string of the molecule is O=C(NCCc1c[nH]c2ccccc12)C1(n2cccc2)CCCCC1. The zero-order chi connectivity index (χ0) is 17.1. The molecule has 130 valence electrons. The van der Waals surface area contributed by atoms with Crippen molar-refractivity contribution >= 4 is 16.8 Å². The van der Waals surface area contributed by atoms with Gasteiger partial charge in [0, 0.05) is 36.0 Å². The van der Waals surface area contributed by atoms with Gasteiger partial charge >= 0.3 is 0 Å². The van der Waals surface area contributed by atoms with Crippen molar-refractivity contribution in [3.8, 4) is 0 Å². The van der Waals surface area contributed by atoms with Gasteiger partial charge in [-0.3, -0.25) is 4.79 Å². The second-order valence-electron chi connectivity index (χ2n) is 7.05. The van der Waals surface area contributed by atoms with E-state index in [4.69, 9.17) is 0 Å². The monoisotopic (exact) mass is 335 g/mol. The van der Waals surface area contributed by atoms with E-state index in [1.54, 1.807) is 0 Å². The molecule has 0 radical (unpaired) electrons. The Morgan fingerprint density at radius 2 is 1.84 bits per heavy atom.